The molecule has 0 bridgehead atoms. The maximum Gasteiger partial charge on any atom is 0.0123 e. The minimum absolute atomic E-state index is 0.114. The molecule has 4 aliphatic rings. The van der Waals surface area contributed by atoms with E-state index in [1.807, 2.05) is 0 Å². The first kappa shape index (κ1) is 19.4. The molecule has 3 saturated carbocycles. The van der Waals surface area contributed by atoms with Crippen molar-refractivity contribution in [3.63, 3.8) is 0 Å². The van der Waals surface area contributed by atoms with E-state index in [1.165, 1.54) is 76.2 Å². The number of fused-ring (bicyclic) bond motifs is 1. The third kappa shape index (κ3) is 3.53. The van der Waals surface area contributed by atoms with Crippen LogP contribution in [0.5, 0.6) is 0 Å². The molecule has 1 atom stereocenters. The summed E-state index contributed by atoms with van der Waals surface area (Å²) in [6.07, 6.45) is 28.0. The highest BCUT2D eigenvalue weighted by atomic mass is 31.1. The smallest absolute Gasteiger partial charge is 0.0123 e. The molecular formula is C27H39P. The van der Waals surface area contributed by atoms with E-state index in [1.54, 1.807) is 31.2 Å². The molecular weight excluding hydrogens is 355 g/mol. The van der Waals surface area contributed by atoms with E-state index in [0.29, 0.717) is 5.16 Å². The lowest BCUT2D eigenvalue weighted by Crippen LogP contribution is -2.42. The molecule has 0 aliphatic heterocycles. The van der Waals surface area contributed by atoms with Crippen molar-refractivity contribution >= 4 is 14.0 Å². The molecule has 0 amide bonds. The lowest BCUT2D eigenvalue weighted by atomic mass is 9.76. The molecule has 1 unspecified atom stereocenters. The van der Waals surface area contributed by atoms with Gasteiger partial charge in [-0.2, -0.15) is 0 Å². The highest BCUT2D eigenvalue weighted by Gasteiger charge is 2.51. The van der Waals surface area contributed by atoms with Crippen LogP contribution in [0.1, 0.15) is 113 Å². The van der Waals surface area contributed by atoms with Gasteiger partial charge in [-0.1, -0.05) is 102 Å². The second-order valence-electron chi connectivity index (χ2n) is 10.1. The number of rotatable bonds is 4. The molecule has 0 saturated heterocycles. The molecule has 1 heteroatoms. The molecule has 0 radical (unpaired) electrons. The third-order valence-electron chi connectivity index (χ3n) is 8.55. The van der Waals surface area contributed by atoms with Crippen LogP contribution in [0.25, 0.3) is 6.08 Å². The Kier molecular flexibility index (Phi) is 5.97. The fourth-order valence-corrected chi connectivity index (χ4v) is 12.6. The Morgan fingerprint density at radius 3 is 1.89 bits per heavy atom. The molecule has 1 aromatic rings. The lowest BCUT2D eigenvalue weighted by molar-refractivity contribution is 0.352. The summed E-state index contributed by atoms with van der Waals surface area (Å²) in [5, 5.41) is 0.612. The van der Waals surface area contributed by atoms with Gasteiger partial charge in [-0.25, -0.2) is 0 Å². The van der Waals surface area contributed by atoms with Crippen molar-refractivity contribution in [2.45, 2.75) is 119 Å². The van der Waals surface area contributed by atoms with E-state index in [4.69, 9.17) is 0 Å². The standard InChI is InChI=1S/C27H39P/c1-4-13-23(14-5-1)28(24-15-6-2-7-16-24)27(20-10-3-11-21-27)26-19-18-22-12-8-9-17-25(22)26/h8-9,12,17-19,23-24,26H,1-7,10-11,13-16,20-21H2. The second kappa shape index (κ2) is 8.63. The molecule has 0 spiro atoms. The Morgan fingerprint density at radius 1 is 0.679 bits per heavy atom. The van der Waals surface area contributed by atoms with Crippen molar-refractivity contribution in [1.82, 2.24) is 0 Å². The van der Waals surface area contributed by atoms with Crippen LogP contribution in [0.3, 0.4) is 0 Å². The van der Waals surface area contributed by atoms with Crippen molar-refractivity contribution in [2.24, 2.45) is 0 Å². The largest absolute Gasteiger partial charge is 0.0930 e. The van der Waals surface area contributed by atoms with Gasteiger partial charge < -0.3 is 0 Å². The minimum atomic E-state index is 0.114. The zero-order valence-corrected chi connectivity index (χ0v) is 18.6. The quantitative estimate of drug-likeness (QED) is 0.448. The zero-order valence-electron chi connectivity index (χ0n) is 17.7. The molecule has 0 N–H and O–H groups in total. The van der Waals surface area contributed by atoms with Crippen LogP contribution in [0, 0.1) is 0 Å². The van der Waals surface area contributed by atoms with Crippen LogP contribution in [0.15, 0.2) is 30.3 Å². The third-order valence-corrected chi connectivity index (χ3v) is 12.9. The summed E-state index contributed by atoms with van der Waals surface area (Å²) in [6.45, 7) is 0. The van der Waals surface area contributed by atoms with Gasteiger partial charge in [0.2, 0.25) is 0 Å². The minimum Gasteiger partial charge on any atom is -0.0930 e. The van der Waals surface area contributed by atoms with Gasteiger partial charge in [-0.15, -0.1) is 0 Å². The summed E-state index contributed by atoms with van der Waals surface area (Å²) >= 11 is 0. The van der Waals surface area contributed by atoms with E-state index >= 15 is 0 Å². The highest BCUT2D eigenvalue weighted by molar-refractivity contribution is 7.61. The molecule has 28 heavy (non-hydrogen) atoms. The molecule has 0 aromatic heterocycles. The lowest BCUT2D eigenvalue weighted by Gasteiger charge is -2.55. The first-order valence-corrected chi connectivity index (χ1v) is 13.9. The van der Waals surface area contributed by atoms with Gasteiger partial charge in [0.05, 0.1) is 0 Å². The van der Waals surface area contributed by atoms with Crippen LogP contribution in [-0.4, -0.2) is 16.5 Å². The number of hydrogen-bond donors (Lipinski definition) is 0. The van der Waals surface area contributed by atoms with Crippen molar-refractivity contribution in [3.8, 4) is 0 Å². The van der Waals surface area contributed by atoms with Crippen LogP contribution in [0.4, 0.5) is 0 Å². The van der Waals surface area contributed by atoms with Crippen molar-refractivity contribution in [1.29, 1.82) is 0 Å². The second-order valence-corrected chi connectivity index (χ2v) is 13.3. The first-order valence-electron chi connectivity index (χ1n) is 12.4. The topological polar surface area (TPSA) is 0 Å². The maximum absolute atomic E-state index is 2.66. The fourth-order valence-electron chi connectivity index (χ4n) is 7.36. The Labute approximate surface area is 174 Å². The molecule has 1 aromatic carbocycles. The average molecular weight is 395 g/mol. The van der Waals surface area contributed by atoms with E-state index in [9.17, 15) is 0 Å². The number of hydrogen-bond acceptors (Lipinski definition) is 0. The van der Waals surface area contributed by atoms with Gasteiger partial charge in [0.25, 0.3) is 0 Å². The normalized spacial score (nSPS) is 28.5. The summed E-state index contributed by atoms with van der Waals surface area (Å²) < 4.78 is 0. The molecule has 3 fully saturated rings. The van der Waals surface area contributed by atoms with Crippen LogP contribution in [-0.2, 0) is 0 Å². The van der Waals surface area contributed by atoms with Crippen molar-refractivity contribution in [3.05, 3.63) is 41.5 Å². The average Bonchev–Trinajstić information content (AvgIpc) is 3.21. The van der Waals surface area contributed by atoms with E-state index in [0.717, 1.165) is 17.2 Å². The van der Waals surface area contributed by atoms with Gasteiger partial charge >= 0.3 is 0 Å². The fraction of sp³-hybridized carbons (Fsp3) is 0.704. The Balaban J connectivity index is 1.56. The zero-order chi connectivity index (χ0) is 18.8. The van der Waals surface area contributed by atoms with E-state index < -0.39 is 0 Å². The van der Waals surface area contributed by atoms with E-state index in [-0.39, 0.29) is 7.92 Å². The Bertz CT molecular complexity index is 653. The summed E-state index contributed by atoms with van der Waals surface area (Å²) in [5.41, 5.74) is 5.36. The van der Waals surface area contributed by atoms with Gasteiger partial charge in [-0.05, 0) is 61.0 Å². The number of benzene rings is 1. The summed E-state index contributed by atoms with van der Waals surface area (Å²) in [4.78, 5) is 0. The van der Waals surface area contributed by atoms with Crippen LogP contribution in [0.2, 0.25) is 0 Å². The van der Waals surface area contributed by atoms with E-state index in [2.05, 4.69) is 36.4 Å². The summed E-state index contributed by atoms with van der Waals surface area (Å²) in [6, 6.07) is 9.39. The highest BCUT2D eigenvalue weighted by Crippen LogP contribution is 2.72. The van der Waals surface area contributed by atoms with Crippen LogP contribution < -0.4 is 0 Å². The predicted octanol–water partition coefficient (Wildman–Crippen LogP) is 8.65. The SMILES string of the molecule is C1=CC(C2(P(C3CCCCC3)C3CCCCC3)CCCCC2)c2ccccc21. The number of allylic oxidation sites excluding steroid dienone is 1. The van der Waals surface area contributed by atoms with Gasteiger partial charge in [0.1, 0.15) is 0 Å². The van der Waals surface area contributed by atoms with Gasteiger partial charge in [0, 0.05) is 11.1 Å². The van der Waals surface area contributed by atoms with Crippen molar-refractivity contribution in [2.75, 3.05) is 0 Å². The van der Waals surface area contributed by atoms with Gasteiger partial charge in [-0.3, -0.25) is 0 Å². The molecule has 0 nitrogen and oxygen atoms in total. The molecule has 4 aliphatic carbocycles. The van der Waals surface area contributed by atoms with Gasteiger partial charge in [0.15, 0.2) is 0 Å². The Morgan fingerprint density at radius 2 is 1.25 bits per heavy atom. The summed E-state index contributed by atoms with van der Waals surface area (Å²) in [7, 11) is 0.114. The maximum atomic E-state index is 2.66. The molecule has 152 valence electrons. The monoisotopic (exact) mass is 394 g/mol. The predicted molar refractivity (Wildman–Crippen MR) is 125 cm³/mol. The summed E-state index contributed by atoms with van der Waals surface area (Å²) in [5.74, 6) is 0.721. The van der Waals surface area contributed by atoms with Crippen molar-refractivity contribution < 1.29 is 0 Å². The molecule has 0 heterocycles. The Hall–Kier alpha value is -0.610. The van der Waals surface area contributed by atoms with Crippen LogP contribution >= 0.6 is 7.92 Å². The first-order chi connectivity index (χ1) is 13.9. The molecule has 5 rings (SSSR count).